The van der Waals surface area contributed by atoms with Crippen LogP contribution in [0.15, 0.2) is 48.5 Å². The Morgan fingerprint density at radius 3 is 2.36 bits per heavy atom. The molecular formula is C23H29NO4. The molecule has 0 saturated carbocycles. The topological polar surface area (TPSA) is 64.6 Å². The summed E-state index contributed by atoms with van der Waals surface area (Å²) in [6, 6.07) is 15.2. The smallest absolute Gasteiger partial charge is 0.306 e. The number of hydrogen-bond donors (Lipinski definition) is 1. The predicted molar refractivity (Wildman–Crippen MR) is 111 cm³/mol. The quantitative estimate of drug-likeness (QED) is 0.637. The van der Waals surface area contributed by atoms with Crippen molar-refractivity contribution in [3.63, 3.8) is 0 Å². The first-order chi connectivity index (χ1) is 13.4. The zero-order valence-electron chi connectivity index (χ0n) is 17.0. The summed E-state index contributed by atoms with van der Waals surface area (Å²) in [6.45, 7) is 5.82. The molecule has 0 aromatic heterocycles. The van der Waals surface area contributed by atoms with Crippen LogP contribution in [0.4, 0.5) is 5.69 Å². The van der Waals surface area contributed by atoms with E-state index >= 15 is 0 Å². The average molecular weight is 383 g/mol. The number of benzene rings is 2. The molecule has 0 spiro atoms. The molecule has 150 valence electrons. The first-order valence-electron chi connectivity index (χ1n) is 9.66. The minimum Gasteiger partial charge on any atom is -0.497 e. The van der Waals surface area contributed by atoms with E-state index in [1.54, 1.807) is 14.0 Å². The molecule has 1 amide bonds. The van der Waals surface area contributed by atoms with Crippen LogP contribution in [-0.4, -0.2) is 25.1 Å². The summed E-state index contributed by atoms with van der Waals surface area (Å²) in [5.74, 6) is 0.385. The third-order valence-electron chi connectivity index (χ3n) is 4.82. The lowest BCUT2D eigenvalue weighted by Crippen LogP contribution is -2.30. The fourth-order valence-electron chi connectivity index (χ4n) is 2.84. The second-order valence-electron chi connectivity index (χ2n) is 6.87. The van der Waals surface area contributed by atoms with Gasteiger partial charge in [0.2, 0.25) is 0 Å². The molecule has 2 aromatic rings. The molecule has 0 aliphatic rings. The zero-order chi connectivity index (χ0) is 20.5. The van der Waals surface area contributed by atoms with Gasteiger partial charge in [-0.3, -0.25) is 9.59 Å². The first kappa shape index (κ1) is 21.5. The lowest BCUT2D eigenvalue weighted by atomic mass is 9.97. The van der Waals surface area contributed by atoms with Gasteiger partial charge in [-0.1, -0.05) is 44.2 Å². The van der Waals surface area contributed by atoms with Crippen LogP contribution >= 0.6 is 0 Å². The molecule has 0 fully saturated rings. The minimum atomic E-state index is -0.853. The lowest BCUT2D eigenvalue weighted by Gasteiger charge is -2.18. The fraction of sp³-hybridized carbons (Fsp3) is 0.391. The van der Waals surface area contributed by atoms with Gasteiger partial charge in [0.1, 0.15) is 5.75 Å². The number of ether oxygens (including phenoxy) is 2. The van der Waals surface area contributed by atoms with E-state index < -0.39 is 12.1 Å². The summed E-state index contributed by atoms with van der Waals surface area (Å²) in [6.07, 6.45) is 0.887. The third-order valence-corrected chi connectivity index (χ3v) is 4.82. The number of rotatable bonds is 9. The Balaban J connectivity index is 1.87. The second kappa shape index (κ2) is 10.5. The van der Waals surface area contributed by atoms with Gasteiger partial charge in [0.25, 0.3) is 5.91 Å². The number of carbonyl (C=O) groups is 2. The van der Waals surface area contributed by atoms with E-state index in [1.807, 2.05) is 48.5 Å². The summed E-state index contributed by atoms with van der Waals surface area (Å²) in [7, 11) is 1.61. The molecule has 1 N–H and O–H groups in total. The van der Waals surface area contributed by atoms with E-state index in [0.717, 1.165) is 29.0 Å². The van der Waals surface area contributed by atoms with Crippen molar-refractivity contribution in [2.45, 2.75) is 52.1 Å². The third kappa shape index (κ3) is 6.12. The number of hydrogen-bond acceptors (Lipinski definition) is 4. The number of amides is 1. The summed E-state index contributed by atoms with van der Waals surface area (Å²) in [4.78, 5) is 24.6. The highest BCUT2D eigenvalue weighted by atomic mass is 16.5. The van der Waals surface area contributed by atoms with Crippen molar-refractivity contribution in [3.05, 3.63) is 59.7 Å². The molecule has 0 aliphatic carbocycles. The van der Waals surface area contributed by atoms with Gasteiger partial charge < -0.3 is 14.8 Å². The molecule has 2 rings (SSSR count). The molecule has 2 atom stereocenters. The van der Waals surface area contributed by atoms with Gasteiger partial charge >= 0.3 is 5.97 Å². The van der Waals surface area contributed by atoms with Crippen LogP contribution in [0.1, 0.15) is 50.7 Å². The van der Waals surface area contributed by atoms with Gasteiger partial charge in [-0.15, -0.1) is 0 Å². The molecule has 0 unspecified atom stereocenters. The van der Waals surface area contributed by atoms with Crippen LogP contribution in [0.5, 0.6) is 5.75 Å². The number of nitrogens with one attached hydrogen (secondary N) is 1. The average Bonchev–Trinajstić information content (AvgIpc) is 2.72. The monoisotopic (exact) mass is 383 g/mol. The van der Waals surface area contributed by atoms with E-state index in [4.69, 9.17) is 9.47 Å². The van der Waals surface area contributed by atoms with Gasteiger partial charge in [0.15, 0.2) is 6.10 Å². The second-order valence-corrected chi connectivity index (χ2v) is 6.87. The van der Waals surface area contributed by atoms with Crippen LogP contribution < -0.4 is 10.1 Å². The molecule has 28 heavy (non-hydrogen) atoms. The van der Waals surface area contributed by atoms with E-state index in [-0.39, 0.29) is 12.3 Å². The maximum absolute atomic E-state index is 12.5. The van der Waals surface area contributed by atoms with E-state index in [0.29, 0.717) is 12.3 Å². The van der Waals surface area contributed by atoms with Crippen molar-refractivity contribution in [2.24, 2.45) is 0 Å². The van der Waals surface area contributed by atoms with Gasteiger partial charge in [-0.2, -0.15) is 0 Å². The predicted octanol–water partition coefficient (Wildman–Crippen LogP) is 4.71. The molecule has 5 heteroatoms. The van der Waals surface area contributed by atoms with Crippen LogP contribution in [0.2, 0.25) is 0 Å². The summed E-state index contributed by atoms with van der Waals surface area (Å²) < 4.78 is 10.4. The first-order valence-corrected chi connectivity index (χ1v) is 9.66. The van der Waals surface area contributed by atoms with Crippen molar-refractivity contribution >= 4 is 17.6 Å². The Bertz CT molecular complexity index is 785. The summed E-state index contributed by atoms with van der Waals surface area (Å²) in [5.41, 5.74) is 2.86. The molecule has 0 bridgehead atoms. The van der Waals surface area contributed by atoms with E-state index in [9.17, 15) is 9.59 Å². The molecule has 2 aromatic carbocycles. The van der Waals surface area contributed by atoms with Crippen LogP contribution in [0.3, 0.4) is 0 Å². The SMILES string of the molecule is CC[C@@H](C)c1ccccc1NC(=O)[C@@H](C)OC(=O)CCc1ccc(OC)cc1. The minimum absolute atomic E-state index is 0.216. The normalized spacial score (nSPS) is 12.7. The van der Waals surface area contributed by atoms with Crippen molar-refractivity contribution in [1.29, 1.82) is 0 Å². The molecule has 0 heterocycles. The van der Waals surface area contributed by atoms with Crippen LogP contribution in [0, 0.1) is 0 Å². The number of carbonyl (C=O) groups excluding carboxylic acids is 2. The van der Waals surface area contributed by atoms with Crippen molar-refractivity contribution in [2.75, 3.05) is 12.4 Å². The Morgan fingerprint density at radius 2 is 1.71 bits per heavy atom. The lowest BCUT2D eigenvalue weighted by molar-refractivity contribution is -0.153. The summed E-state index contributed by atoms with van der Waals surface area (Å²) >= 11 is 0. The number of anilines is 1. The standard InChI is InChI=1S/C23H29NO4/c1-5-16(2)20-8-6-7-9-21(20)24-23(26)17(3)28-22(25)15-12-18-10-13-19(27-4)14-11-18/h6-11,13-14,16-17H,5,12,15H2,1-4H3,(H,24,26)/t16-,17-/m1/s1. The summed E-state index contributed by atoms with van der Waals surface area (Å²) in [5, 5.41) is 2.89. The molecular weight excluding hydrogens is 354 g/mol. The molecule has 5 nitrogen and oxygen atoms in total. The van der Waals surface area contributed by atoms with Crippen molar-refractivity contribution < 1.29 is 19.1 Å². The van der Waals surface area contributed by atoms with Gasteiger partial charge in [0, 0.05) is 12.1 Å². The molecule has 0 radical (unpaired) electrons. The van der Waals surface area contributed by atoms with Crippen LogP contribution in [-0.2, 0) is 20.7 Å². The Hall–Kier alpha value is -2.82. The highest BCUT2D eigenvalue weighted by molar-refractivity contribution is 5.95. The van der Waals surface area contributed by atoms with Crippen LogP contribution in [0.25, 0.3) is 0 Å². The van der Waals surface area contributed by atoms with Crippen molar-refractivity contribution in [1.82, 2.24) is 0 Å². The van der Waals surface area contributed by atoms with Gasteiger partial charge in [-0.05, 0) is 55.0 Å². The highest BCUT2D eigenvalue weighted by Crippen LogP contribution is 2.26. The Kier molecular flexibility index (Phi) is 8.05. The Labute approximate surface area is 167 Å². The van der Waals surface area contributed by atoms with Gasteiger partial charge in [-0.25, -0.2) is 0 Å². The zero-order valence-corrected chi connectivity index (χ0v) is 17.0. The number of methoxy groups -OCH3 is 1. The van der Waals surface area contributed by atoms with Crippen molar-refractivity contribution in [3.8, 4) is 5.75 Å². The number of aryl methyl sites for hydroxylation is 1. The highest BCUT2D eigenvalue weighted by Gasteiger charge is 2.19. The van der Waals surface area contributed by atoms with Gasteiger partial charge in [0.05, 0.1) is 7.11 Å². The number of para-hydroxylation sites is 1. The largest absolute Gasteiger partial charge is 0.497 e. The maximum atomic E-state index is 12.5. The van der Waals surface area contributed by atoms with E-state index in [1.165, 1.54) is 0 Å². The van der Waals surface area contributed by atoms with E-state index in [2.05, 4.69) is 19.2 Å². The maximum Gasteiger partial charge on any atom is 0.306 e. The molecule has 0 saturated heterocycles. The molecule has 0 aliphatic heterocycles. The number of esters is 1. The Morgan fingerprint density at radius 1 is 1.04 bits per heavy atom. The fourth-order valence-corrected chi connectivity index (χ4v) is 2.84.